The van der Waals surface area contributed by atoms with Gasteiger partial charge in [-0.1, -0.05) is 0 Å². The van der Waals surface area contributed by atoms with Crippen molar-refractivity contribution in [1.82, 2.24) is 15.0 Å². The number of amides is 1. The Balaban J connectivity index is 2.18. The Bertz CT molecular complexity index is 619. The number of nitrogen functional groups attached to an aromatic ring is 1. The third kappa shape index (κ3) is 3.11. The van der Waals surface area contributed by atoms with Crippen molar-refractivity contribution in [2.24, 2.45) is 5.84 Å². The van der Waals surface area contributed by atoms with Crippen LogP contribution in [0.4, 0.5) is 11.5 Å². The van der Waals surface area contributed by atoms with E-state index in [4.69, 9.17) is 22.2 Å². The van der Waals surface area contributed by atoms with Crippen LogP contribution in [0.2, 0.25) is 5.28 Å². The largest absolute Gasteiger partial charge is 0.481 e. The van der Waals surface area contributed by atoms with Gasteiger partial charge in [0.2, 0.25) is 11.2 Å². The number of hydrogen-bond acceptors (Lipinski definition) is 7. The van der Waals surface area contributed by atoms with Crippen molar-refractivity contribution in [3.05, 3.63) is 35.4 Å². The predicted octanol–water partition coefficient (Wildman–Crippen LogP) is 1.07. The van der Waals surface area contributed by atoms with Crippen LogP contribution >= 0.6 is 11.6 Å². The lowest BCUT2D eigenvalue weighted by Gasteiger charge is -2.09. The second-order valence-electron chi connectivity index (χ2n) is 3.59. The van der Waals surface area contributed by atoms with Gasteiger partial charge in [-0.3, -0.25) is 4.79 Å². The molecule has 0 radical (unpaired) electrons. The lowest BCUT2D eigenvalue weighted by molar-refractivity contribution is 0.102. The minimum Gasteiger partial charge on any atom is -0.481 e. The lowest BCUT2D eigenvalue weighted by atomic mass is 10.2. The second kappa shape index (κ2) is 6.13. The van der Waals surface area contributed by atoms with Crippen molar-refractivity contribution >= 4 is 29.0 Å². The Morgan fingerprint density at radius 3 is 2.75 bits per heavy atom. The summed E-state index contributed by atoms with van der Waals surface area (Å²) in [5.74, 6) is 5.53. The predicted molar refractivity (Wildman–Crippen MR) is 73.6 cm³/mol. The number of carbonyl (C=O) groups is 1. The molecule has 2 aromatic heterocycles. The van der Waals surface area contributed by atoms with Gasteiger partial charge in [0.15, 0.2) is 5.82 Å². The average molecular weight is 295 g/mol. The molecule has 20 heavy (non-hydrogen) atoms. The molecule has 0 aliphatic rings. The Morgan fingerprint density at radius 1 is 1.35 bits per heavy atom. The first-order valence-corrected chi connectivity index (χ1v) is 5.82. The molecule has 0 bridgehead atoms. The highest BCUT2D eigenvalue weighted by molar-refractivity contribution is 6.28. The van der Waals surface area contributed by atoms with E-state index in [1.165, 1.54) is 19.5 Å². The van der Waals surface area contributed by atoms with E-state index in [2.05, 4.69) is 25.7 Å². The molecule has 1 amide bonds. The number of nitrogens with two attached hydrogens (primary N) is 1. The first kappa shape index (κ1) is 14.0. The van der Waals surface area contributed by atoms with Gasteiger partial charge in [0.05, 0.1) is 18.9 Å². The van der Waals surface area contributed by atoms with Gasteiger partial charge >= 0.3 is 0 Å². The number of anilines is 2. The number of ether oxygens (including phenoxy) is 1. The molecule has 8 nitrogen and oxygen atoms in total. The average Bonchev–Trinajstić information content (AvgIpc) is 2.49. The molecule has 0 aromatic carbocycles. The number of nitrogens with zero attached hydrogens (tertiary/aromatic N) is 3. The summed E-state index contributed by atoms with van der Waals surface area (Å²) >= 11 is 5.63. The summed E-state index contributed by atoms with van der Waals surface area (Å²) in [4.78, 5) is 23.6. The highest BCUT2D eigenvalue weighted by atomic mass is 35.5. The van der Waals surface area contributed by atoms with Gasteiger partial charge in [-0.2, -0.15) is 4.98 Å². The van der Waals surface area contributed by atoms with Crippen LogP contribution in [0, 0.1) is 0 Å². The third-order valence-electron chi connectivity index (χ3n) is 2.35. The Hall–Kier alpha value is -2.45. The highest BCUT2D eigenvalue weighted by Crippen LogP contribution is 2.19. The standard InChI is InChI=1S/C11H11ClN6O2/c1-20-8-3-2-6(4-14-8)10(19)16-7-5-15-11(12)17-9(7)18-13/h2-5H,13H2,1H3,(H,16,19)(H,15,17,18). The number of carbonyl (C=O) groups excluding carboxylic acids is 1. The Morgan fingerprint density at radius 2 is 2.15 bits per heavy atom. The van der Waals surface area contributed by atoms with Crippen LogP contribution in [0.5, 0.6) is 5.88 Å². The third-order valence-corrected chi connectivity index (χ3v) is 2.53. The number of nitrogens with one attached hydrogen (secondary N) is 2. The number of aromatic nitrogens is 3. The minimum absolute atomic E-state index is 0.0158. The van der Waals surface area contributed by atoms with Gasteiger partial charge < -0.3 is 15.5 Å². The normalized spacial score (nSPS) is 9.95. The molecule has 0 fully saturated rings. The number of pyridine rings is 1. The highest BCUT2D eigenvalue weighted by Gasteiger charge is 2.11. The molecule has 0 aliphatic carbocycles. The van der Waals surface area contributed by atoms with Crippen LogP contribution in [0.15, 0.2) is 24.5 Å². The maximum atomic E-state index is 12.0. The van der Waals surface area contributed by atoms with Crippen LogP contribution in [0.1, 0.15) is 10.4 Å². The van der Waals surface area contributed by atoms with E-state index in [1.54, 1.807) is 12.1 Å². The Kier molecular flexibility index (Phi) is 4.28. The molecule has 0 saturated heterocycles. The summed E-state index contributed by atoms with van der Waals surface area (Å²) in [6, 6.07) is 3.16. The smallest absolute Gasteiger partial charge is 0.257 e. The molecule has 9 heteroatoms. The zero-order valence-electron chi connectivity index (χ0n) is 10.4. The van der Waals surface area contributed by atoms with Crippen molar-refractivity contribution in [2.75, 3.05) is 17.9 Å². The number of halogens is 1. The van der Waals surface area contributed by atoms with Crippen LogP contribution in [-0.4, -0.2) is 28.0 Å². The molecule has 104 valence electrons. The fourth-order valence-corrected chi connectivity index (χ4v) is 1.52. The van der Waals surface area contributed by atoms with Crippen LogP contribution in [-0.2, 0) is 0 Å². The van der Waals surface area contributed by atoms with E-state index in [0.29, 0.717) is 17.1 Å². The van der Waals surface area contributed by atoms with Gasteiger partial charge in [0, 0.05) is 12.3 Å². The number of hydrogen-bond donors (Lipinski definition) is 3. The van der Waals surface area contributed by atoms with Gasteiger partial charge in [0.25, 0.3) is 5.91 Å². The van der Waals surface area contributed by atoms with Crippen molar-refractivity contribution in [2.45, 2.75) is 0 Å². The summed E-state index contributed by atoms with van der Waals surface area (Å²) in [7, 11) is 1.49. The maximum Gasteiger partial charge on any atom is 0.257 e. The molecular formula is C11H11ClN6O2. The quantitative estimate of drug-likeness (QED) is 0.439. The zero-order chi connectivity index (χ0) is 14.5. The summed E-state index contributed by atoms with van der Waals surface area (Å²) in [6.45, 7) is 0. The first-order valence-electron chi connectivity index (χ1n) is 5.44. The monoisotopic (exact) mass is 294 g/mol. The molecule has 0 atom stereocenters. The zero-order valence-corrected chi connectivity index (χ0v) is 11.2. The van der Waals surface area contributed by atoms with Gasteiger partial charge in [-0.25, -0.2) is 15.8 Å². The van der Waals surface area contributed by atoms with Crippen LogP contribution in [0.3, 0.4) is 0 Å². The lowest BCUT2D eigenvalue weighted by Crippen LogP contribution is -2.17. The van der Waals surface area contributed by atoms with Gasteiger partial charge in [0.1, 0.15) is 5.69 Å². The topological polar surface area (TPSA) is 115 Å². The summed E-state index contributed by atoms with van der Waals surface area (Å²) < 4.78 is 4.91. The summed E-state index contributed by atoms with van der Waals surface area (Å²) in [6.07, 6.45) is 2.74. The second-order valence-corrected chi connectivity index (χ2v) is 3.93. The number of hydrazine groups is 1. The van der Waals surface area contributed by atoms with Crippen molar-refractivity contribution in [3.63, 3.8) is 0 Å². The molecule has 2 rings (SSSR count). The molecule has 0 unspecified atom stereocenters. The van der Waals surface area contributed by atoms with E-state index >= 15 is 0 Å². The number of rotatable bonds is 4. The van der Waals surface area contributed by atoms with E-state index in [0.717, 1.165) is 0 Å². The summed E-state index contributed by atoms with van der Waals surface area (Å²) in [5, 5.41) is 2.61. The number of methoxy groups -OCH3 is 1. The van der Waals surface area contributed by atoms with Crippen molar-refractivity contribution in [3.8, 4) is 5.88 Å². The Labute approximate surface area is 119 Å². The van der Waals surface area contributed by atoms with E-state index in [1.807, 2.05) is 0 Å². The molecule has 0 aliphatic heterocycles. The van der Waals surface area contributed by atoms with E-state index in [9.17, 15) is 4.79 Å². The van der Waals surface area contributed by atoms with Crippen molar-refractivity contribution in [1.29, 1.82) is 0 Å². The molecular weight excluding hydrogens is 284 g/mol. The van der Waals surface area contributed by atoms with E-state index in [-0.39, 0.29) is 17.0 Å². The fourth-order valence-electron chi connectivity index (χ4n) is 1.39. The minimum atomic E-state index is -0.387. The molecule has 0 spiro atoms. The van der Waals surface area contributed by atoms with Crippen LogP contribution < -0.4 is 21.3 Å². The molecule has 2 heterocycles. The molecule has 2 aromatic rings. The molecule has 0 saturated carbocycles. The van der Waals surface area contributed by atoms with Crippen LogP contribution in [0.25, 0.3) is 0 Å². The summed E-state index contributed by atoms with van der Waals surface area (Å²) in [5.41, 5.74) is 2.98. The first-order chi connectivity index (χ1) is 9.63. The van der Waals surface area contributed by atoms with E-state index < -0.39 is 0 Å². The van der Waals surface area contributed by atoms with Gasteiger partial charge in [-0.05, 0) is 17.7 Å². The SMILES string of the molecule is COc1ccc(C(=O)Nc2cnc(Cl)nc2NN)cn1. The van der Waals surface area contributed by atoms with Gasteiger partial charge in [-0.15, -0.1) is 0 Å². The maximum absolute atomic E-state index is 12.0. The van der Waals surface area contributed by atoms with Crippen molar-refractivity contribution < 1.29 is 9.53 Å². The molecule has 4 N–H and O–H groups in total. The fraction of sp³-hybridized carbons (Fsp3) is 0.0909.